The lowest BCUT2D eigenvalue weighted by Gasteiger charge is -2.38. The molecule has 0 bridgehead atoms. The Labute approximate surface area is 151 Å². The number of rotatable bonds is 5. The lowest BCUT2D eigenvalue weighted by Crippen LogP contribution is -2.42. The van der Waals surface area contributed by atoms with Crippen molar-refractivity contribution in [3.8, 4) is 6.07 Å². The minimum absolute atomic E-state index is 0.0284. The predicted octanol–water partition coefficient (Wildman–Crippen LogP) is 4.09. The Kier molecular flexibility index (Phi) is 6.64. The van der Waals surface area contributed by atoms with Crippen LogP contribution in [-0.2, 0) is 11.3 Å². The zero-order chi connectivity index (χ0) is 18.4. The van der Waals surface area contributed by atoms with Crippen LogP contribution in [-0.4, -0.2) is 33.8 Å². The molecule has 25 heavy (non-hydrogen) atoms. The lowest BCUT2D eigenvalue weighted by molar-refractivity contribution is -0.129. The number of amides is 1. The molecule has 0 N–H and O–H groups in total. The van der Waals surface area contributed by atoms with Gasteiger partial charge in [-0.15, -0.1) is 0 Å². The third kappa shape index (κ3) is 4.85. The summed E-state index contributed by atoms with van der Waals surface area (Å²) >= 11 is 0. The van der Waals surface area contributed by atoms with Crippen LogP contribution in [0.15, 0.2) is 42.1 Å². The topological polar surface area (TPSA) is 47.3 Å². The van der Waals surface area contributed by atoms with E-state index in [1.54, 1.807) is 11.1 Å². The molecule has 1 aliphatic rings. The molecule has 1 heterocycles. The summed E-state index contributed by atoms with van der Waals surface area (Å²) in [5, 5.41) is 9.60. The lowest BCUT2D eigenvalue weighted by atomic mass is 9.98. The molecule has 1 aromatic carbocycles. The van der Waals surface area contributed by atoms with Crippen LogP contribution >= 0.6 is 0 Å². The largest absolute Gasteiger partial charge is 0.371 e. The van der Waals surface area contributed by atoms with E-state index in [0.29, 0.717) is 18.6 Å². The summed E-state index contributed by atoms with van der Waals surface area (Å²) in [5.41, 5.74) is 1.30. The van der Waals surface area contributed by atoms with E-state index < -0.39 is 0 Å². The van der Waals surface area contributed by atoms with Gasteiger partial charge < -0.3 is 9.80 Å². The van der Waals surface area contributed by atoms with Crippen molar-refractivity contribution in [1.29, 1.82) is 5.26 Å². The SMILES string of the molecule is CC(C)N(Cc1ccccc1)C(=O)/C(C#N)=C\N1C(C)CCCC1C. The van der Waals surface area contributed by atoms with Crippen LogP contribution in [0.25, 0.3) is 0 Å². The first-order valence-electron chi connectivity index (χ1n) is 9.18. The Bertz CT molecular complexity index is 635. The van der Waals surface area contributed by atoms with E-state index in [4.69, 9.17) is 0 Å². The molecule has 1 aliphatic heterocycles. The van der Waals surface area contributed by atoms with E-state index in [9.17, 15) is 10.1 Å². The van der Waals surface area contributed by atoms with E-state index in [0.717, 1.165) is 18.4 Å². The molecular formula is C21H29N3O. The molecule has 0 radical (unpaired) electrons. The second kappa shape index (κ2) is 8.71. The molecule has 2 unspecified atom stereocenters. The Morgan fingerprint density at radius 2 is 1.88 bits per heavy atom. The highest BCUT2D eigenvalue weighted by molar-refractivity contribution is 5.97. The fraction of sp³-hybridized carbons (Fsp3) is 0.524. The van der Waals surface area contributed by atoms with Crippen LogP contribution in [0.1, 0.15) is 52.5 Å². The Morgan fingerprint density at radius 1 is 1.28 bits per heavy atom. The van der Waals surface area contributed by atoms with Gasteiger partial charge in [0.05, 0.1) is 0 Å². The Hall–Kier alpha value is -2.28. The van der Waals surface area contributed by atoms with Gasteiger partial charge in [-0.05, 0) is 52.5 Å². The van der Waals surface area contributed by atoms with Crippen molar-refractivity contribution in [1.82, 2.24) is 9.80 Å². The molecule has 1 saturated heterocycles. The van der Waals surface area contributed by atoms with Gasteiger partial charge in [0, 0.05) is 30.9 Å². The maximum absolute atomic E-state index is 13.0. The molecular weight excluding hydrogens is 310 g/mol. The van der Waals surface area contributed by atoms with Gasteiger partial charge in [-0.3, -0.25) is 4.79 Å². The number of hydrogen-bond acceptors (Lipinski definition) is 3. The molecule has 4 nitrogen and oxygen atoms in total. The van der Waals surface area contributed by atoms with Crippen molar-refractivity contribution in [2.45, 2.75) is 71.6 Å². The smallest absolute Gasteiger partial charge is 0.266 e. The highest BCUT2D eigenvalue weighted by Crippen LogP contribution is 2.24. The van der Waals surface area contributed by atoms with Crippen molar-refractivity contribution < 1.29 is 4.79 Å². The van der Waals surface area contributed by atoms with Gasteiger partial charge in [0.25, 0.3) is 5.91 Å². The number of likely N-dealkylation sites (tertiary alicyclic amines) is 1. The minimum Gasteiger partial charge on any atom is -0.371 e. The minimum atomic E-state index is -0.189. The zero-order valence-electron chi connectivity index (χ0n) is 15.8. The first-order valence-corrected chi connectivity index (χ1v) is 9.18. The van der Waals surface area contributed by atoms with Crippen molar-refractivity contribution in [2.24, 2.45) is 0 Å². The molecule has 2 atom stereocenters. The average Bonchev–Trinajstić information content (AvgIpc) is 2.59. The van der Waals surface area contributed by atoms with Crippen LogP contribution in [0, 0.1) is 11.3 Å². The summed E-state index contributed by atoms with van der Waals surface area (Å²) in [6.07, 6.45) is 5.20. The molecule has 1 fully saturated rings. The van der Waals surface area contributed by atoms with E-state index in [1.807, 2.05) is 44.2 Å². The molecule has 4 heteroatoms. The molecule has 1 amide bonds. The molecule has 0 spiro atoms. The molecule has 2 rings (SSSR count). The summed E-state index contributed by atoms with van der Waals surface area (Å²) in [6, 6.07) is 12.8. The van der Waals surface area contributed by atoms with Crippen molar-refractivity contribution in [3.63, 3.8) is 0 Å². The van der Waals surface area contributed by atoms with Crippen molar-refractivity contribution in [2.75, 3.05) is 0 Å². The number of piperidine rings is 1. The summed E-state index contributed by atoms with van der Waals surface area (Å²) in [5.74, 6) is -0.189. The summed E-state index contributed by atoms with van der Waals surface area (Å²) in [7, 11) is 0. The van der Waals surface area contributed by atoms with Gasteiger partial charge in [0.15, 0.2) is 0 Å². The van der Waals surface area contributed by atoms with Gasteiger partial charge in [-0.2, -0.15) is 5.26 Å². The molecule has 0 aliphatic carbocycles. The van der Waals surface area contributed by atoms with Crippen LogP contribution in [0.4, 0.5) is 0 Å². The number of carbonyl (C=O) groups excluding carboxylic acids is 1. The maximum Gasteiger partial charge on any atom is 0.266 e. The number of hydrogen-bond donors (Lipinski definition) is 0. The third-order valence-corrected chi connectivity index (χ3v) is 4.97. The van der Waals surface area contributed by atoms with E-state index in [-0.39, 0.29) is 17.5 Å². The third-order valence-electron chi connectivity index (χ3n) is 4.97. The first kappa shape index (κ1) is 19.1. The summed E-state index contributed by atoms with van der Waals surface area (Å²) < 4.78 is 0. The Morgan fingerprint density at radius 3 is 2.40 bits per heavy atom. The quantitative estimate of drug-likeness (QED) is 0.599. The fourth-order valence-corrected chi connectivity index (χ4v) is 3.40. The van der Waals surface area contributed by atoms with Crippen molar-refractivity contribution >= 4 is 5.91 Å². The van der Waals surface area contributed by atoms with Gasteiger partial charge in [-0.25, -0.2) is 0 Å². The second-order valence-electron chi connectivity index (χ2n) is 7.24. The maximum atomic E-state index is 13.0. The second-order valence-corrected chi connectivity index (χ2v) is 7.24. The predicted molar refractivity (Wildman–Crippen MR) is 100 cm³/mol. The van der Waals surface area contributed by atoms with Gasteiger partial charge >= 0.3 is 0 Å². The monoisotopic (exact) mass is 339 g/mol. The number of benzene rings is 1. The standard InChI is InChI=1S/C21H29N3O/c1-16(2)23(14-19-11-6-5-7-12-19)21(25)20(13-22)15-24-17(3)9-8-10-18(24)4/h5-7,11-12,15-18H,8-10,14H2,1-4H3/b20-15-. The Balaban J connectivity index is 2.23. The average molecular weight is 339 g/mol. The van der Waals surface area contributed by atoms with Crippen LogP contribution in [0.3, 0.4) is 0 Å². The number of nitrogens with zero attached hydrogens (tertiary/aromatic N) is 3. The van der Waals surface area contributed by atoms with E-state index >= 15 is 0 Å². The molecule has 1 aromatic rings. The zero-order valence-corrected chi connectivity index (χ0v) is 15.8. The highest BCUT2D eigenvalue weighted by atomic mass is 16.2. The van der Waals surface area contributed by atoms with Crippen LogP contribution in [0.2, 0.25) is 0 Å². The first-order chi connectivity index (χ1) is 11.9. The number of nitriles is 1. The van der Waals surface area contributed by atoms with E-state index in [2.05, 4.69) is 24.8 Å². The van der Waals surface area contributed by atoms with Gasteiger partial charge in [0.2, 0.25) is 0 Å². The number of carbonyl (C=O) groups is 1. The summed E-state index contributed by atoms with van der Waals surface area (Å²) in [4.78, 5) is 17.0. The van der Waals surface area contributed by atoms with Crippen molar-refractivity contribution in [3.05, 3.63) is 47.7 Å². The van der Waals surface area contributed by atoms with Crippen LogP contribution < -0.4 is 0 Å². The molecule has 0 aromatic heterocycles. The molecule has 134 valence electrons. The highest BCUT2D eigenvalue weighted by Gasteiger charge is 2.26. The summed E-state index contributed by atoms with van der Waals surface area (Å²) in [6.45, 7) is 8.82. The van der Waals surface area contributed by atoms with E-state index in [1.165, 1.54) is 6.42 Å². The van der Waals surface area contributed by atoms with Crippen LogP contribution in [0.5, 0.6) is 0 Å². The van der Waals surface area contributed by atoms with Gasteiger partial charge in [0.1, 0.15) is 11.6 Å². The normalized spacial score (nSPS) is 21.1. The van der Waals surface area contributed by atoms with Gasteiger partial charge in [-0.1, -0.05) is 30.3 Å². The fourth-order valence-electron chi connectivity index (χ4n) is 3.40. The molecule has 0 saturated carbocycles.